The molecule has 1 atom stereocenters. The average molecular weight is 375 g/mol. The number of carboxylic acid groups (broad SMARTS) is 1. The number of halogens is 1. The Hall–Kier alpha value is -1.51. The van der Waals surface area contributed by atoms with Crippen molar-refractivity contribution in [2.45, 2.75) is 12.5 Å². The zero-order valence-corrected chi connectivity index (χ0v) is 12.3. The monoisotopic (exact) mass is 375 g/mol. The van der Waals surface area contributed by atoms with Gasteiger partial charge in [-0.1, -0.05) is 0 Å². The maximum absolute atomic E-state index is 11.7. The van der Waals surface area contributed by atoms with Gasteiger partial charge in [0.15, 0.2) is 0 Å². The molecular formula is C12H14IN3O3. The number of urea groups is 1. The minimum absolute atomic E-state index is 0.125. The summed E-state index contributed by atoms with van der Waals surface area (Å²) >= 11 is 2.19. The van der Waals surface area contributed by atoms with Gasteiger partial charge in [0.1, 0.15) is 0 Å². The van der Waals surface area contributed by atoms with Gasteiger partial charge in [-0.05, 0) is 53.3 Å². The van der Waals surface area contributed by atoms with E-state index in [0.29, 0.717) is 25.2 Å². The molecule has 1 fully saturated rings. The summed E-state index contributed by atoms with van der Waals surface area (Å²) in [4.78, 5) is 23.8. The van der Waals surface area contributed by atoms with E-state index in [-0.39, 0.29) is 12.1 Å². The smallest absolute Gasteiger partial charge is 0.407 e. The van der Waals surface area contributed by atoms with E-state index >= 15 is 0 Å². The van der Waals surface area contributed by atoms with Gasteiger partial charge in [-0.15, -0.1) is 0 Å². The van der Waals surface area contributed by atoms with Gasteiger partial charge in [0, 0.05) is 28.4 Å². The van der Waals surface area contributed by atoms with Crippen molar-refractivity contribution >= 4 is 40.4 Å². The van der Waals surface area contributed by atoms with Gasteiger partial charge >= 0.3 is 12.1 Å². The highest BCUT2D eigenvalue weighted by Crippen LogP contribution is 2.12. The SMILES string of the molecule is O=C(Nc1ccc(I)cc1)NC1CCN(C(=O)O)C1. The van der Waals surface area contributed by atoms with E-state index in [1.807, 2.05) is 24.3 Å². The van der Waals surface area contributed by atoms with Crippen molar-refractivity contribution in [3.8, 4) is 0 Å². The molecule has 7 heteroatoms. The van der Waals surface area contributed by atoms with Crippen molar-refractivity contribution in [3.63, 3.8) is 0 Å². The average Bonchev–Trinajstić information content (AvgIpc) is 2.80. The summed E-state index contributed by atoms with van der Waals surface area (Å²) in [5.41, 5.74) is 0.714. The number of hydrogen-bond donors (Lipinski definition) is 3. The zero-order chi connectivity index (χ0) is 13.8. The highest BCUT2D eigenvalue weighted by molar-refractivity contribution is 14.1. The van der Waals surface area contributed by atoms with Crippen LogP contribution in [0.4, 0.5) is 15.3 Å². The Morgan fingerprint density at radius 1 is 1.32 bits per heavy atom. The summed E-state index contributed by atoms with van der Waals surface area (Å²) in [5, 5.41) is 14.3. The first kappa shape index (κ1) is 13.9. The van der Waals surface area contributed by atoms with Crippen LogP contribution in [0.5, 0.6) is 0 Å². The fourth-order valence-corrected chi connectivity index (χ4v) is 2.30. The molecular weight excluding hydrogens is 361 g/mol. The third-order valence-corrected chi connectivity index (χ3v) is 3.62. The van der Waals surface area contributed by atoms with Gasteiger partial charge in [0.25, 0.3) is 0 Å². The number of rotatable bonds is 2. The third-order valence-electron chi connectivity index (χ3n) is 2.90. The van der Waals surface area contributed by atoms with E-state index in [2.05, 4.69) is 33.2 Å². The number of carbonyl (C=O) groups is 2. The lowest BCUT2D eigenvalue weighted by Crippen LogP contribution is -2.40. The molecule has 1 aliphatic heterocycles. The minimum Gasteiger partial charge on any atom is -0.465 e. The second-order valence-corrected chi connectivity index (χ2v) is 5.57. The van der Waals surface area contributed by atoms with Crippen LogP contribution in [-0.4, -0.2) is 41.3 Å². The molecule has 0 saturated carbocycles. The van der Waals surface area contributed by atoms with E-state index in [1.165, 1.54) is 4.90 Å². The molecule has 102 valence electrons. The molecule has 1 unspecified atom stereocenters. The molecule has 6 nitrogen and oxygen atoms in total. The fraction of sp³-hybridized carbons (Fsp3) is 0.333. The number of anilines is 1. The Bertz CT molecular complexity index is 478. The van der Waals surface area contributed by atoms with Crippen LogP contribution in [0.15, 0.2) is 24.3 Å². The lowest BCUT2D eigenvalue weighted by atomic mass is 10.3. The Kier molecular flexibility index (Phi) is 4.46. The number of nitrogens with zero attached hydrogens (tertiary/aromatic N) is 1. The van der Waals surface area contributed by atoms with Crippen LogP contribution in [0.1, 0.15) is 6.42 Å². The molecule has 0 aliphatic carbocycles. The van der Waals surface area contributed by atoms with E-state index in [0.717, 1.165) is 3.57 Å². The molecule has 0 spiro atoms. The Morgan fingerprint density at radius 2 is 2.00 bits per heavy atom. The summed E-state index contributed by atoms with van der Waals surface area (Å²) in [5.74, 6) is 0. The van der Waals surface area contributed by atoms with E-state index < -0.39 is 6.09 Å². The van der Waals surface area contributed by atoms with Crippen LogP contribution in [0.25, 0.3) is 0 Å². The number of amides is 3. The molecule has 2 rings (SSSR count). The maximum Gasteiger partial charge on any atom is 0.407 e. The lowest BCUT2D eigenvalue weighted by molar-refractivity contribution is 0.154. The molecule has 3 N–H and O–H groups in total. The van der Waals surface area contributed by atoms with E-state index in [9.17, 15) is 9.59 Å². The summed E-state index contributed by atoms with van der Waals surface area (Å²) < 4.78 is 1.09. The van der Waals surface area contributed by atoms with Crippen LogP contribution in [-0.2, 0) is 0 Å². The number of benzene rings is 1. The van der Waals surface area contributed by atoms with Crippen molar-refractivity contribution in [3.05, 3.63) is 27.8 Å². The van der Waals surface area contributed by atoms with Gasteiger partial charge in [0.05, 0.1) is 0 Å². The second kappa shape index (κ2) is 6.09. The number of nitrogens with one attached hydrogen (secondary N) is 2. The predicted molar refractivity (Wildman–Crippen MR) is 79.3 cm³/mol. The molecule has 0 radical (unpaired) electrons. The molecule has 1 aromatic rings. The first-order valence-corrected chi connectivity index (χ1v) is 6.93. The Labute approximate surface area is 124 Å². The van der Waals surface area contributed by atoms with Gasteiger partial charge in [0.2, 0.25) is 0 Å². The third kappa shape index (κ3) is 3.98. The Morgan fingerprint density at radius 3 is 2.58 bits per heavy atom. The van der Waals surface area contributed by atoms with Crippen LogP contribution in [0.2, 0.25) is 0 Å². The largest absolute Gasteiger partial charge is 0.465 e. The standard InChI is InChI=1S/C12H14IN3O3/c13-8-1-3-9(4-2-8)14-11(17)15-10-5-6-16(7-10)12(18)19/h1-4,10H,5-7H2,(H,18,19)(H2,14,15,17). The van der Waals surface area contributed by atoms with Gasteiger partial charge in [-0.3, -0.25) is 0 Å². The van der Waals surface area contributed by atoms with Gasteiger partial charge in [-0.2, -0.15) is 0 Å². The zero-order valence-electron chi connectivity index (χ0n) is 10.1. The summed E-state index contributed by atoms with van der Waals surface area (Å²) in [6.07, 6.45) is -0.297. The highest BCUT2D eigenvalue weighted by Gasteiger charge is 2.26. The molecule has 0 bridgehead atoms. The van der Waals surface area contributed by atoms with Crippen LogP contribution < -0.4 is 10.6 Å². The van der Waals surface area contributed by atoms with Crippen molar-refractivity contribution in [2.75, 3.05) is 18.4 Å². The molecule has 1 aromatic carbocycles. The minimum atomic E-state index is -0.942. The van der Waals surface area contributed by atoms with Crippen molar-refractivity contribution in [1.29, 1.82) is 0 Å². The lowest BCUT2D eigenvalue weighted by Gasteiger charge is -2.14. The van der Waals surface area contributed by atoms with Gasteiger partial charge < -0.3 is 20.6 Å². The molecule has 1 heterocycles. The summed E-state index contributed by atoms with van der Waals surface area (Å²) in [6.45, 7) is 0.805. The molecule has 1 aliphatic rings. The van der Waals surface area contributed by atoms with Crippen molar-refractivity contribution < 1.29 is 14.7 Å². The molecule has 19 heavy (non-hydrogen) atoms. The quantitative estimate of drug-likeness (QED) is 0.693. The predicted octanol–water partition coefficient (Wildman–Crippen LogP) is 2.17. The van der Waals surface area contributed by atoms with Crippen LogP contribution >= 0.6 is 22.6 Å². The first-order chi connectivity index (χ1) is 9.04. The first-order valence-electron chi connectivity index (χ1n) is 5.85. The molecule has 0 aromatic heterocycles. The maximum atomic E-state index is 11.7. The Balaban J connectivity index is 1.82. The molecule has 1 saturated heterocycles. The van der Waals surface area contributed by atoms with E-state index in [4.69, 9.17) is 5.11 Å². The van der Waals surface area contributed by atoms with E-state index in [1.54, 1.807) is 0 Å². The summed E-state index contributed by atoms with van der Waals surface area (Å²) in [7, 11) is 0. The number of likely N-dealkylation sites (tertiary alicyclic amines) is 1. The normalized spacial score (nSPS) is 18.2. The number of hydrogen-bond acceptors (Lipinski definition) is 2. The molecule has 3 amide bonds. The topological polar surface area (TPSA) is 81.7 Å². The van der Waals surface area contributed by atoms with Crippen LogP contribution in [0, 0.1) is 3.57 Å². The van der Waals surface area contributed by atoms with Gasteiger partial charge in [-0.25, -0.2) is 9.59 Å². The highest BCUT2D eigenvalue weighted by atomic mass is 127. The number of carbonyl (C=O) groups excluding carboxylic acids is 1. The van der Waals surface area contributed by atoms with Crippen LogP contribution in [0.3, 0.4) is 0 Å². The van der Waals surface area contributed by atoms with Crippen molar-refractivity contribution in [1.82, 2.24) is 10.2 Å². The second-order valence-electron chi connectivity index (χ2n) is 4.32. The van der Waals surface area contributed by atoms with Crippen molar-refractivity contribution in [2.24, 2.45) is 0 Å². The summed E-state index contributed by atoms with van der Waals surface area (Å²) in [6, 6.07) is 7.01. The fourth-order valence-electron chi connectivity index (χ4n) is 1.94.